The van der Waals surface area contributed by atoms with Gasteiger partial charge in [0.25, 0.3) is 17.5 Å². The summed E-state index contributed by atoms with van der Waals surface area (Å²) in [5.41, 5.74) is 0.746. The van der Waals surface area contributed by atoms with Gasteiger partial charge < -0.3 is 9.84 Å². The van der Waals surface area contributed by atoms with Gasteiger partial charge in [0.1, 0.15) is 0 Å². The molecule has 0 aliphatic carbocycles. The molecule has 0 bridgehead atoms. The summed E-state index contributed by atoms with van der Waals surface area (Å²) in [6.45, 7) is 0.493. The molecule has 2 amide bonds. The van der Waals surface area contributed by atoms with Gasteiger partial charge in [0, 0.05) is 37.3 Å². The second-order valence-corrected chi connectivity index (χ2v) is 7.29. The predicted octanol–water partition coefficient (Wildman–Crippen LogP) is 3.75. The molecule has 4 rings (SSSR count). The summed E-state index contributed by atoms with van der Waals surface area (Å²) >= 11 is 0. The monoisotopic (exact) mass is 434 g/mol. The van der Waals surface area contributed by atoms with Gasteiger partial charge in [-0.3, -0.25) is 24.6 Å². The number of nitro benzene ring substituents is 1. The molecule has 1 aliphatic rings. The van der Waals surface area contributed by atoms with Crippen LogP contribution in [-0.2, 0) is 4.74 Å². The molecule has 9 nitrogen and oxygen atoms in total. The van der Waals surface area contributed by atoms with Crippen molar-refractivity contribution in [1.29, 1.82) is 0 Å². The smallest absolute Gasteiger partial charge is 0.335 e. The van der Waals surface area contributed by atoms with E-state index in [1.54, 1.807) is 18.2 Å². The molecule has 3 aromatic carbocycles. The molecule has 0 saturated carbocycles. The summed E-state index contributed by atoms with van der Waals surface area (Å²) in [5, 5.41) is 21.8. The van der Waals surface area contributed by atoms with Crippen molar-refractivity contribution >= 4 is 34.2 Å². The number of benzene rings is 3. The number of hydrogen-bond acceptors (Lipinski definition) is 6. The molecule has 0 aromatic heterocycles. The van der Waals surface area contributed by atoms with Gasteiger partial charge >= 0.3 is 5.97 Å². The van der Waals surface area contributed by atoms with Gasteiger partial charge in [0.15, 0.2) is 0 Å². The number of nitrogens with zero attached hydrogens (tertiary/aromatic N) is 2. The van der Waals surface area contributed by atoms with Gasteiger partial charge in [-0.2, -0.15) is 0 Å². The summed E-state index contributed by atoms with van der Waals surface area (Å²) in [6, 6.07) is 11.7. The molecular formula is C23H18N2O7. The normalized spacial score (nSPS) is 13.0. The number of ether oxygens (including phenoxy) is 1. The van der Waals surface area contributed by atoms with E-state index in [-0.39, 0.29) is 34.5 Å². The summed E-state index contributed by atoms with van der Waals surface area (Å²) in [7, 11) is 1.52. The standard InChI is InChI=1S/C23H18N2O7/c1-32-11-3-10-24-21(26)16-5-2-4-15-19(13-6-8-14(9-7-13)23(28)29)18(25(30)31)12-17(20(15)16)22(24)27/h2,4-9,12H,3,10-11H2,1H3,(H,28,29). The zero-order chi connectivity index (χ0) is 23.0. The van der Waals surface area contributed by atoms with Crippen molar-refractivity contribution in [2.75, 3.05) is 20.3 Å². The lowest BCUT2D eigenvalue weighted by molar-refractivity contribution is -0.384. The van der Waals surface area contributed by atoms with Gasteiger partial charge in [-0.15, -0.1) is 0 Å². The zero-order valence-corrected chi connectivity index (χ0v) is 17.0. The maximum atomic E-state index is 13.1. The first-order chi connectivity index (χ1) is 15.3. The lowest BCUT2D eigenvalue weighted by Gasteiger charge is -2.27. The van der Waals surface area contributed by atoms with E-state index < -0.39 is 22.7 Å². The summed E-state index contributed by atoms with van der Waals surface area (Å²) in [6.07, 6.45) is 0.440. The number of carboxylic acids is 1. The van der Waals surface area contributed by atoms with Crippen LogP contribution < -0.4 is 0 Å². The first-order valence-electron chi connectivity index (χ1n) is 9.78. The molecule has 32 heavy (non-hydrogen) atoms. The van der Waals surface area contributed by atoms with Crippen molar-refractivity contribution in [2.24, 2.45) is 0 Å². The van der Waals surface area contributed by atoms with Crippen LogP contribution in [0, 0.1) is 10.1 Å². The molecule has 1 N–H and O–H groups in total. The average Bonchev–Trinajstić information content (AvgIpc) is 2.79. The Balaban J connectivity index is 1.96. The Morgan fingerprint density at radius 3 is 2.41 bits per heavy atom. The van der Waals surface area contributed by atoms with E-state index in [0.717, 1.165) is 4.90 Å². The third kappa shape index (κ3) is 3.38. The van der Waals surface area contributed by atoms with E-state index in [4.69, 9.17) is 9.84 Å². The second kappa shape index (κ2) is 8.20. The molecule has 0 atom stereocenters. The van der Waals surface area contributed by atoms with Gasteiger partial charge in [-0.25, -0.2) is 4.79 Å². The average molecular weight is 434 g/mol. The predicted molar refractivity (Wildman–Crippen MR) is 115 cm³/mol. The lowest BCUT2D eigenvalue weighted by Crippen LogP contribution is -2.41. The molecule has 0 unspecified atom stereocenters. The number of aromatic carboxylic acids is 1. The van der Waals surface area contributed by atoms with Crippen LogP contribution in [0.2, 0.25) is 0 Å². The first kappa shape index (κ1) is 21.1. The SMILES string of the molecule is COCCCN1C(=O)c2cccc3c(-c4ccc(C(=O)O)cc4)c([N+](=O)[O-])cc(c23)C1=O. The molecule has 0 spiro atoms. The number of nitro groups is 1. The molecule has 3 aromatic rings. The fourth-order valence-electron chi connectivity index (χ4n) is 4.00. The van der Waals surface area contributed by atoms with Gasteiger partial charge in [0.05, 0.1) is 21.6 Å². The molecule has 162 valence electrons. The Kier molecular flexibility index (Phi) is 5.41. The molecule has 0 fully saturated rings. The number of methoxy groups -OCH3 is 1. The van der Waals surface area contributed by atoms with Crippen LogP contribution >= 0.6 is 0 Å². The topological polar surface area (TPSA) is 127 Å². The van der Waals surface area contributed by atoms with Crippen molar-refractivity contribution in [3.05, 3.63) is 75.3 Å². The fourth-order valence-corrected chi connectivity index (χ4v) is 4.00. The Morgan fingerprint density at radius 1 is 1.09 bits per heavy atom. The maximum Gasteiger partial charge on any atom is 0.335 e. The number of carbonyl (C=O) groups is 3. The van der Waals surface area contributed by atoms with Crippen LogP contribution in [0.1, 0.15) is 37.5 Å². The highest BCUT2D eigenvalue weighted by Gasteiger charge is 2.36. The number of hydrogen-bond donors (Lipinski definition) is 1. The number of carboxylic acid groups (broad SMARTS) is 1. The highest BCUT2D eigenvalue weighted by molar-refractivity contribution is 6.27. The molecule has 0 saturated heterocycles. The summed E-state index contributed by atoms with van der Waals surface area (Å²) in [4.78, 5) is 49.8. The highest BCUT2D eigenvalue weighted by atomic mass is 16.6. The van der Waals surface area contributed by atoms with Crippen molar-refractivity contribution in [3.8, 4) is 11.1 Å². The van der Waals surface area contributed by atoms with Gasteiger partial charge in [-0.1, -0.05) is 24.3 Å². The summed E-state index contributed by atoms with van der Waals surface area (Å²) in [5.74, 6) is -2.18. The van der Waals surface area contributed by atoms with E-state index in [2.05, 4.69) is 0 Å². The Labute approximate surface area is 182 Å². The van der Waals surface area contributed by atoms with Crippen LogP contribution in [0.25, 0.3) is 21.9 Å². The second-order valence-electron chi connectivity index (χ2n) is 7.29. The van der Waals surface area contributed by atoms with Crippen LogP contribution in [0.3, 0.4) is 0 Å². The molecular weight excluding hydrogens is 416 g/mol. The Hall–Kier alpha value is -4.11. The van der Waals surface area contributed by atoms with Crippen LogP contribution in [0.5, 0.6) is 0 Å². The third-order valence-electron chi connectivity index (χ3n) is 5.44. The van der Waals surface area contributed by atoms with Crippen LogP contribution in [0.4, 0.5) is 5.69 Å². The van der Waals surface area contributed by atoms with E-state index in [1.807, 2.05) is 0 Å². The van der Waals surface area contributed by atoms with Gasteiger partial charge in [-0.05, 0) is 35.6 Å². The molecule has 1 aliphatic heterocycles. The number of amides is 2. The van der Waals surface area contributed by atoms with E-state index >= 15 is 0 Å². The minimum Gasteiger partial charge on any atom is -0.478 e. The van der Waals surface area contributed by atoms with Gasteiger partial charge in [0.2, 0.25) is 0 Å². The first-order valence-corrected chi connectivity index (χ1v) is 9.78. The Bertz CT molecular complexity index is 1280. The molecule has 1 heterocycles. The zero-order valence-electron chi connectivity index (χ0n) is 17.0. The number of rotatable bonds is 7. The lowest BCUT2D eigenvalue weighted by atomic mass is 9.87. The van der Waals surface area contributed by atoms with E-state index in [0.29, 0.717) is 29.4 Å². The van der Waals surface area contributed by atoms with Crippen LogP contribution in [0.15, 0.2) is 48.5 Å². The maximum absolute atomic E-state index is 13.1. The van der Waals surface area contributed by atoms with Crippen molar-refractivity contribution in [2.45, 2.75) is 6.42 Å². The van der Waals surface area contributed by atoms with Crippen LogP contribution in [-0.4, -0.2) is 53.0 Å². The quantitative estimate of drug-likeness (QED) is 0.260. The fraction of sp³-hybridized carbons (Fsp3) is 0.174. The van der Waals surface area contributed by atoms with E-state index in [9.17, 15) is 24.5 Å². The van der Waals surface area contributed by atoms with Crippen molar-refractivity contribution in [1.82, 2.24) is 4.90 Å². The number of carbonyl (C=O) groups excluding carboxylic acids is 2. The van der Waals surface area contributed by atoms with Crippen molar-refractivity contribution < 1.29 is 29.2 Å². The number of imide groups is 1. The largest absolute Gasteiger partial charge is 0.478 e. The minimum absolute atomic E-state index is 0.0381. The third-order valence-corrected chi connectivity index (χ3v) is 5.44. The Morgan fingerprint density at radius 2 is 1.78 bits per heavy atom. The highest BCUT2D eigenvalue weighted by Crippen LogP contribution is 2.42. The molecule has 9 heteroatoms. The minimum atomic E-state index is -1.12. The van der Waals surface area contributed by atoms with E-state index in [1.165, 1.54) is 37.4 Å². The summed E-state index contributed by atoms with van der Waals surface area (Å²) < 4.78 is 4.99. The van der Waals surface area contributed by atoms with Crippen molar-refractivity contribution in [3.63, 3.8) is 0 Å². The molecule has 0 radical (unpaired) electrons.